The molecule has 0 amide bonds. The maximum atomic E-state index is 4.47. The Balaban J connectivity index is 2.90. The van der Waals surface area contributed by atoms with E-state index in [9.17, 15) is 0 Å². The monoisotopic (exact) mass is 187 g/mol. The van der Waals surface area contributed by atoms with Gasteiger partial charge in [-0.1, -0.05) is 52.2 Å². The molecule has 0 radical (unpaired) electrons. The summed E-state index contributed by atoms with van der Waals surface area (Å²) in [5, 5.41) is 0. The Morgan fingerprint density at radius 2 is 1.79 bits per heavy atom. The Bertz CT molecular complexity index is 346. The quantitative estimate of drug-likeness (QED) is 0.594. The van der Waals surface area contributed by atoms with E-state index in [1.54, 1.807) is 0 Å². The van der Waals surface area contributed by atoms with Gasteiger partial charge in [0.25, 0.3) is 0 Å². The zero-order valence-electron chi connectivity index (χ0n) is 9.17. The van der Waals surface area contributed by atoms with Gasteiger partial charge in [-0.15, -0.1) is 0 Å². The molecular weight excluding hydrogens is 170 g/mol. The van der Waals surface area contributed by atoms with Gasteiger partial charge in [-0.3, -0.25) is 4.99 Å². The van der Waals surface area contributed by atoms with Crippen molar-refractivity contribution in [3.8, 4) is 0 Å². The molecule has 74 valence electrons. The molecule has 0 atom stereocenters. The summed E-state index contributed by atoms with van der Waals surface area (Å²) in [4.78, 5) is 4.47. The van der Waals surface area contributed by atoms with E-state index >= 15 is 0 Å². The van der Waals surface area contributed by atoms with E-state index in [4.69, 9.17) is 0 Å². The van der Waals surface area contributed by atoms with Crippen molar-refractivity contribution < 1.29 is 0 Å². The van der Waals surface area contributed by atoms with Crippen molar-refractivity contribution in [3.05, 3.63) is 48.7 Å². The molecule has 0 aliphatic heterocycles. The standard InChI is InChI=1S/C13H17N/c1-10-8-6-7-9-12(10)14-11(2)13(3,4)5/h6-9H,1-2H2,3-5H3/b14-12-. The molecule has 1 aliphatic carbocycles. The molecule has 0 aromatic rings. The zero-order valence-corrected chi connectivity index (χ0v) is 9.17. The highest BCUT2D eigenvalue weighted by molar-refractivity contribution is 6.11. The van der Waals surface area contributed by atoms with Gasteiger partial charge < -0.3 is 0 Å². The Hall–Kier alpha value is -1.37. The number of aliphatic imine (C=N–C) groups is 1. The predicted molar refractivity (Wildman–Crippen MR) is 63.5 cm³/mol. The summed E-state index contributed by atoms with van der Waals surface area (Å²) in [5.74, 6) is 0. The second-order valence-corrected chi connectivity index (χ2v) is 4.44. The maximum Gasteiger partial charge on any atom is 0.0699 e. The van der Waals surface area contributed by atoms with Crippen LogP contribution >= 0.6 is 0 Å². The van der Waals surface area contributed by atoms with E-state index in [2.05, 4.69) is 38.9 Å². The Labute approximate surface area is 86.2 Å². The van der Waals surface area contributed by atoms with Crippen molar-refractivity contribution in [1.82, 2.24) is 0 Å². The molecule has 0 aromatic carbocycles. The van der Waals surface area contributed by atoms with E-state index < -0.39 is 0 Å². The van der Waals surface area contributed by atoms with E-state index in [0.29, 0.717) is 0 Å². The fraction of sp³-hybridized carbons (Fsp3) is 0.308. The third-order valence-corrected chi connectivity index (χ3v) is 2.11. The molecule has 1 heteroatoms. The van der Waals surface area contributed by atoms with Crippen LogP contribution in [0.4, 0.5) is 0 Å². The van der Waals surface area contributed by atoms with Crippen LogP contribution in [0.5, 0.6) is 0 Å². The van der Waals surface area contributed by atoms with Crippen molar-refractivity contribution in [1.29, 1.82) is 0 Å². The largest absolute Gasteiger partial charge is 0.253 e. The summed E-state index contributed by atoms with van der Waals surface area (Å²) < 4.78 is 0. The normalized spacial score (nSPS) is 19.1. The summed E-state index contributed by atoms with van der Waals surface area (Å²) in [6.45, 7) is 14.2. The van der Waals surface area contributed by atoms with Gasteiger partial charge in [-0.2, -0.15) is 0 Å². The minimum Gasteiger partial charge on any atom is -0.253 e. The molecule has 0 N–H and O–H groups in total. The second-order valence-electron chi connectivity index (χ2n) is 4.44. The Morgan fingerprint density at radius 3 is 2.29 bits per heavy atom. The highest BCUT2D eigenvalue weighted by atomic mass is 14.8. The van der Waals surface area contributed by atoms with Gasteiger partial charge in [0.2, 0.25) is 0 Å². The number of hydrogen-bond acceptors (Lipinski definition) is 1. The van der Waals surface area contributed by atoms with Gasteiger partial charge in [-0.05, 0) is 11.6 Å². The third kappa shape index (κ3) is 2.56. The van der Waals surface area contributed by atoms with E-state index in [1.165, 1.54) is 0 Å². The summed E-state index contributed by atoms with van der Waals surface area (Å²) in [7, 11) is 0. The number of nitrogens with zero attached hydrogens (tertiary/aromatic N) is 1. The average Bonchev–Trinajstić information content (AvgIpc) is 2.07. The molecule has 0 saturated heterocycles. The van der Waals surface area contributed by atoms with Crippen LogP contribution in [0.1, 0.15) is 20.8 Å². The first kappa shape index (κ1) is 10.7. The first-order valence-electron chi connectivity index (χ1n) is 4.73. The summed E-state index contributed by atoms with van der Waals surface area (Å²) in [5.41, 5.74) is 2.75. The fourth-order valence-corrected chi connectivity index (χ4v) is 0.933. The molecule has 0 aromatic heterocycles. The summed E-state index contributed by atoms with van der Waals surface area (Å²) >= 11 is 0. The predicted octanol–water partition coefficient (Wildman–Crippen LogP) is 3.67. The number of allylic oxidation sites excluding steroid dienone is 6. The molecule has 0 spiro atoms. The minimum atomic E-state index is 0.0162. The van der Waals surface area contributed by atoms with Gasteiger partial charge in [0.1, 0.15) is 0 Å². The second kappa shape index (κ2) is 3.79. The van der Waals surface area contributed by atoms with Crippen LogP contribution < -0.4 is 0 Å². The van der Waals surface area contributed by atoms with E-state index in [0.717, 1.165) is 17.0 Å². The fourth-order valence-electron chi connectivity index (χ4n) is 0.933. The summed E-state index contributed by atoms with van der Waals surface area (Å²) in [6.07, 6.45) is 7.83. The van der Waals surface area contributed by atoms with E-state index in [1.807, 2.05) is 24.3 Å². The molecule has 0 saturated carbocycles. The maximum absolute atomic E-state index is 4.47. The summed E-state index contributed by atoms with van der Waals surface area (Å²) in [6, 6.07) is 0. The zero-order chi connectivity index (χ0) is 10.8. The average molecular weight is 187 g/mol. The first-order valence-corrected chi connectivity index (χ1v) is 4.73. The van der Waals surface area contributed by atoms with Crippen LogP contribution in [0.15, 0.2) is 53.7 Å². The van der Waals surface area contributed by atoms with Crippen molar-refractivity contribution in [2.75, 3.05) is 0 Å². The molecule has 0 heterocycles. The van der Waals surface area contributed by atoms with Gasteiger partial charge in [0, 0.05) is 11.1 Å². The van der Waals surface area contributed by atoms with Crippen LogP contribution in [0.25, 0.3) is 0 Å². The van der Waals surface area contributed by atoms with Crippen LogP contribution in [0, 0.1) is 5.41 Å². The molecular formula is C13H17N. The molecule has 1 nitrogen and oxygen atoms in total. The molecule has 0 fully saturated rings. The Kier molecular flexibility index (Phi) is 2.90. The van der Waals surface area contributed by atoms with Crippen molar-refractivity contribution >= 4 is 5.71 Å². The van der Waals surface area contributed by atoms with Crippen LogP contribution in [0.3, 0.4) is 0 Å². The lowest BCUT2D eigenvalue weighted by Crippen LogP contribution is -2.09. The SMILES string of the molecule is C=C1C=CC=C/C1=N/C(=C)C(C)(C)C. The minimum absolute atomic E-state index is 0.0162. The highest BCUT2D eigenvalue weighted by Gasteiger charge is 2.15. The number of rotatable bonds is 1. The van der Waals surface area contributed by atoms with Gasteiger partial charge in [0.15, 0.2) is 0 Å². The highest BCUT2D eigenvalue weighted by Crippen LogP contribution is 2.25. The smallest absolute Gasteiger partial charge is 0.0699 e. The third-order valence-electron chi connectivity index (χ3n) is 2.11. The van der Waals surface area contributed by atoms with Crippen LogP contribution in [-0.2, 0) is 0 Å². The molecule has 0 unspecified atom stereocenters. The molecule has 0 bridgehead atoms. The van der Waals surface area contributed by atoms with Gasteiger partial charge >= 0.3 is 0 Å². The van der Waals surface area contributed by atoms with Crippen molar-refractivity contribution in [2.24, 2.45) is 10.4 Å². The number of hydrogen-bond donors (Lipinski definition) is 0. The molecule has 1 rings (SSSR count). The van der Waals surface area contributed by atoms with Crippen molar-refractivity contribution in [2.45, 2.75) is 20.8 Å². The molecule has 1 aliphatic rings. The van der Waals surface area contributed by atoms with Gasteiger partial charge in [0.05, 0.1) is 5.71 Å². The Morgan fingerprint density at radius 1 is 1.21 bits per heavy atom. The lowest BCUT2D eigenvalue weighted by atomic mass is 9.93. The topological polar surface area (TPSA) is 12.4 Å². The van der Waals surface area contributed by atoms with E-state index in [-0.39, 0.29) is 5.41 Å². The lowest BCUT2D eigenvalue weighted by Gasteiger charge is -2.19. The first-order chi connectivity index (χ1) is 6.41. The molecule has 14 heavy (non-hydrogen) atoms. The lowest BCUT2D eigenvalue weighted by molar-refractivity contribution is 0.501. The van der Waals surface area contributed by atoms with Crippen molar-refractivity contribution in [3.63, 3.8) is 0 Å². The van der Waals surface area contributed by atoms with Crippen LogP contribution in [-0.4, -0.2) is 5.71 Å². The van der Waals surface area contributed by atoms with Crippen LogP contribution in [0.2, 0.25) is 0 Å². The van der Waals surface area contributed by atoms with Gasteiger partial charge in [-0.25, -0.2) is 0 Å².